The second-order valence-electron chi connectivity index (χ2n) is 28.8. The van der Waals surface area contributed by atoms with Crippen molar-refractivity contribution in [2.45, 2.75) is 117 Å². The van der Waals surface area contributed by atoms with Gasteiger partial charge in [0.2, 0.25) is 0 Å². The Morgan fingerprint density at radius 3 is 1.04 bits per heavy atom. The molecule has 0 amide bonds. The number of ether oxygens (including phenoxy) is 2. The normalized spacial score (nSPS) is 11.0. The summed E-state index contributed by atoms with van der Waals surface area (Å²) in [7, 11) is 1.37. The van der Waals surface area contributed by atoms with Gasteiger partial charge in [-0.3, -0.25) is 9.59 Å². The van der Waals surface area contributed by atoms with Gasteiger partial charge in [0.15, 0.2) is 28.8 Å². The molecule has 10 aromatic carbocycles. The van der Waals surface area contributed by atoms with Crippen LogP contribution in [0.5, 0.6) is 5.75 Å². The molecule has 13 nitrogen and oxygen atoms in total. The van der Waals surface area contributed by atoms with E-state index in [0.29, 0.717) is 29.9 Å². The number of hydrogen-bond donors (Lipinski definition) is 2. The fourth-order valence-electron chi connectivity index (χ4n) is 12.5. The van der Waals surface area contributed by atoms with Gasteiger partial charge in [-0.2, -0.15) is 0 Å². The fraction of sp³-hybridized carbons (Fsp3) is 0.212. The van der Waals surface area contributed by atoms with Crippen LogP contribution in [-0.2, 0) is 17.6 Å². The first-order valence-corrected chi connectivity index (χ1v) is 68.7. The molecule has 0 radical (unpaired) electrons. The molecule has 0 fully saturated rings. The minimum Gasteiger partial charge on any atom is -0.493 e. The summed E-state index contributed by atoms with van der Waals surface area (Å²) in [6.07, 6.45) is 15.4. The van der Waals surface area contributed by atoms with Crippen LogP contribution in [0, 0.1) is 0 Å². The smallest absolute Gasteiger partial charge is 0.348 e. The van der Waals surface area contributed by atoms with E-state index < -0.39 is 38.5 Å². The van der Waals surface area contributed by atoms with Crippen LogP contribution in [0.2, 0.25) is 13.3 Å². The van der Waals surface area contributed by atoms with E-state index in [0.717, 1.165) is 137 Å². The molecular formula is C99H104Br6Cl10N4O9Si3Sn. The third-order valence-electron chi connectivity index (χ3n) is 19.4. The Balaban J connectivity index is 0.000000328. The summed E-state index contributed by atoms with van der Waals surface area (Å²) in [6, 6.07) is 77.8. The molecule has 0 spiro atoms. The number of unbranched alkanes of at least 4 members (excludes halogenated alkanes) is 2. The van der Waals surface area contributed by atoms with Crippen molar-refractivity contribution in [3.63, 3.8) is 0 Å². The number of esters is 1. The molecule has 33 heteroatoms. The fourth-order valence-corrected chi connectivity index (χ4v) is 30.3. The topological polar surface area (TPSA) is 194 Å². The predicted molar refractivity (Wildman–Crippen MR) is 590 cm³/mol. The van der Waals surface area contributed by atoms with Crippen molar-refractivity contribution in [3.05, 3.63) is 365 Å². The zero-order valence-electron chi connectivity index (χ0n) is 73.4. The number of rotatable bonds is 31. The van der Waals surface area contributed by atoms with E-state index in [2.05, 4.69) is 210 Å². The maximum Gasteiger partial charge on any atom is 0.348 e. The van der Waals surface area contributed by atoms with Crippen LogP contribution in [-0.4, -0.2) is 90.4 Å². The summed E-state index contributed by atoms with van der Waals surface area (Å²) >= 11 is 71.4. The van der Waals surface area contributed by atoms with Gasteiger partial charge in [-0.05, 0) is 152 Å². The number of benzene rings is 10. The molecule has 0 saturated carbocycles. The standard InChI is InChI=1S/C21H21Cl6NOSi2.C21H19NO.C15H9Br2NO.C15H12Br2O2.C8H7BrO2.C8H7BrO.2C4H9.C3H5.Cl3HSi.ClH.H3NO.Sn.H/c1-3-20(30(22,23)24)16-9-5-14(6-10-16)18-13-19(29-28-18)15-7-11-17(12-8-15)21(4-2)31(25,26)27;1-3-5-16-7-11-18(12-8-16)20-15-21(23-22-20)19-13-9-17(6-4-2)10-14-19;16-12-5-1-10(2-6-12)14-9-15(19-18-14)11-3-7-13(17)8-4-11;16-12-3-1-11(2-4-12)15(18)9-10-19-14-7-5-13(17)6-8-14;1-11-8(10)6-2-4-7(9)5-3-6;1-6(10)7-2-4-8(9)5-3-7;2*1-3-4-2;1-3-2;1-4(2)3;;1-2;;/h5-13,20-21H,3-4H2,1-2H3;3-4,7-15H,1-2,5-6H2;1-9H;1-8H,9-10H2;2-5H,1H3;2-5H,1H3;2*1,3-4H2,2H3;3H,1-2H2;4H;1H;2H,1H2;;. The van der Waals surface area contributed by atoms with E-state index in [4.69, 9.17) is 123 Å². The number of carbonyl (C=O) groups excluding carboxylic acids is 3. The minimum atomic E-state index is -2.83. The summed E-state index contributed by atoms with van der Waals surface area (Å²) in [6.45, 7) is 20.3. The first kappa shape index (κ1) is 119. The molecule has 3 N–H and O–H groups in total. The Bertz CT molecular complexity index is 5290. The van der Waals surface area contributed by atoms with Crippen molar-refractivity contribution < 1.29 is 42.6 Å². The molecule has 0 saturated heterocycles. The quantitative estimate of drug-likeness (QED) is 0.0104. The molecule has 132 heavy (non-hydrogen) atoms. The number of aromatic nitrogens is 3. The number of nitrogens with two attached hydrogens (primary N) is 1. The maximum absolute atomic E-state index is 11.9. The number of allylic oxidation sites excluding steroid dienone is 3. The van der Waals surface area contributed by atoms with E-state index >= 15 is 0 Å². The monoisotopic (exact) mass is 2520 g/mol. The van der Waals surface area contributed by atoms with Crippen LogP contribution in [0.3, 0.4) is 0 Å². The largest absolute Gasteiger partial charge is 0.493 e. The average molecular weight is 2530 g/mol. The van der Waals surface area contributed by atoms with Crippen molar-refractivity contribution in [1.82, 2.24) is 15.5 Å². The van der Waals surface area contributed by atoms with Gasteiger partial charge >= 0.3 is 110 Å². The molecule has 3 heterocycles. The number of methoxy groups -OCH3 is 1. The van der Waals surface area contributed by atoms with Gasteiger partial charge < -0.3 is 28.3 Å². The molecule has 13 aromatic rings. The molecule has 3 aromatic heterocycles. The van der Waals surface area contributed by atoms with Crippen molar-refractivity contribution in [1.29, 1.82) is 0 Å². The number of ketones is 2. The summed E-state index contributed by atoms with van der Waals surface area (Å²) < 4.78 is 37.2. The van der Waals surface area contributed by atoms with Crippen LogP contribution in [0.15, 0.2) is 339 Å². The van der Waals surface area contributed by atoms with Gasteiger partial charge in [0.1, 0.15) is 22.8 Å². The van der Waals surface area contributed by atoms with Gasteiger partial charge in [-0.25, -0.2) is 10.7 Å². The Labute approximate surface area is 885 Å². The van der Waals surface area contributed by atoms with Crippen LogP contribution in [0.4, 0.5) is 0 Å². The molecule has 702 valence electrons. The molecule has 2 atom stereocenters. The van der Waals surface area contributed by atoms with E-state index in [1.54, 1.807) is 52.2 Å². The Kier molecular flexibility index (Phi) is 59.2. The van der Waals surface area contributed by atoms with Gasteiger partial charge in [0.05, 0.1) is 19.3 Å². The van der Waals surface area contributed by atoms with Crippen LogP contribution >= 0.6 is 208 Å². The molecule has 0 aliphatic carbocycles. The van der Waals surface area contributed by atoms with Crippen LogP contribution < -0.4 is 10.6 Å². The van der Waals surface area contributed by atoms with E-state index in [-0.39, 0.29) is 41.0 Å². The number of Topliss-reactive ketones (excluding diaryl/α,β-unsaturated/α-hetero) is 2. The van der Waals surface area contributed by atoms with Crippen molar-refractivity contribution >= 4 is 264 Å². The second-order valence-corrected chi connectivity index (χ2v) is 68.1. The minimum absolute atomic E-state index is 0. The summed E-state index contributed by atoms with van der Waals surface area (Å²) in [4.78, 5) is 33.5. The molecule has 0 aliphatic heterocycles. The number of nitrogens with zero attached hydrogens (tertiary/aromatic N) is 3. The van der Waals surface area contributed by atoms with Gasteiger partial charge in [0, 0.05) is 107 Å². The molecule has 0 aliphatic rings. The summed E-state index contributed by atoms with van der Waals surface area (Å²) in [5.41, 5.74) is 14.9. The Morgan fingerprint density at radius 2 is 0.735 bits per heavy atom. The average Bonchev–Trinajstić information content (AvgIpc) is 0.888. The van der Waals surface area contributed by atoms with E-state index in [1.165, 1.54) is 48.4 Å². The number of hydrogen-bond acceptors (Lipinski definition) is 13. The van der Waals surface area contributed by atoms with Crippen molar-refractivity contribution in [2.24, 2.45) is 5.90 Å². The summed E-state index contributed by atoms with van der Waals surface area (Å²) in [5, 5.41) is 19.0. The molecular weight excluding hydrogens is 2430 g/mol. The number of carbonyl (C=O) groups is 3. The SMILES string of the molecule is Brc1ccc(-c2cc(-c3ccc(Br)cc3)on2)cc1.C=CCc1ccc(-c2cc(-c3ccc(CC=C)cc3)on2)cc1.C=C[CH2][SnH]([CH2]CCC)[CH2]CCC.CC(=O)c1ccc(Br)cc1.CCC(c1ccc(-c2cc(-c3ccc(C(CC)[Si](Cl)(Cl)Cl)cc3)on2)cc1)[Si](Cl)(Cl)Cl.COC(=O)c1ccc(Br)cc1.Cl.Cl[SiH](Cl)Cl.NO.O=C(CCOc1ccc(Br)cc1)c1ccc(Br)cc1. The van der Waals surface area contributed by atoms with Gasteiger partial charge in [-0.15, -0.1) is 125 Å². The summed E-state index contributed by atoms with van der Waals surface area (Å²) in [5.74, 6) is 6.37. The molecule has 0 bridgehead atoms. The predicted octanol–water partition coefficient (Wildman–Crippen LogP) is 35.3. The van der Waals surface area contributed by atoms with Crippen molar-refractivity contribution in [3.8, 4) is 73.5 Å². The van der Waals surface area contributed by atoms with Gasteiger partial charge in [0.25, 0.3) is 0 Å². The third kappa shape index (κ3) is 44.7. The Hall–Kier alpha value is -5.19. The second kappa shape index (κ2) is 65.6. The number of halogens is 16. The first-order valence-electron chi connectivity index (χ1n) is 41.5. The maximum atomic E-state index is 11.9. The van der Waals surface area contributed by atoms with E-state index in [9.17, 15) is 14.4 Å². The van der Waals surface area contributed by atoms with Crippen LogP contribution in [0.25, 0.3) is 67.7 Å². The Morgan fingerprint density at radius 1 is 0.447 bits per heavy atom. The van der Waals surface area contributed by atoms with E-state index in [1.807, 2.05) is 202 Å². The zero-order chi connectivity index (χ0) is 96.4. The third-order valence-corrected chi connectivity index (χ3v) is 40.2. The van der Waals surface area contributed by atoms with Crippen molar-refractivity contribution in [2.75, 3.05) is 13.7 Å². The van der Waals surface area contributed by atoms with Gasteiger partial charge in [-0.1, -0.05) is 283 Å². The first-order chi connectivity index (χ1) is 62.7. The molecule has 2 unspecified atom stereocenters. The van der Waals surface area contributed by atoms with Crippen LogP contribution in [0.1, 0.15) is 144 Å². The zero-order valence-corrected chi connectivity index (χ0v) is 97.0. The molecule has 13 rings (SSSR count).